The maximum absolute atomic E-state index is 14.0. The molecule has 1 aliphatic carbocycles. The number of hydrogen-bond acceptors (Lipinski definition) is 3. The summed E-state index contributed by atoms with van der Waals surface area (Å²) in [7, 11) is 1.12. The molecule has 2 N–H and O–H groups in total. The van der Waals surface area contributed by atoms with Gasteiger partial charge >= 0.3 is 5.92 Å². The lowest BCUT2D eigenvalue weighted by Gasteiger charge is -2.42. The van der Waals surface area contributed by atoms with Gasteiger partial charge in [0.2, 0.25) is 5.91 Å². The van der Waals surface area contributed by atoms with E-state index in [4.69, 9.17) is 0 Å². The van der Waals surface area contributed by atoms with Crippen molar-refractivity contribution in [2.75, 3.05) is 18.9 Å². The second kappa shape index (κ2) is 6.23. The summed E-state index contributed by atoms with van der Waals surface area (Å²) in [6.45, 7) is 1.38. The van der Waals surface area contributed by atoms with Crippen LogP contribution in [-0.4, -0.2) is 46.9 Å². The number of carbonyl (C=O) groups is 2. The Hall–Kier alpha value is -2.02. The number of halogens is 2. The van der Waals surface area contributed by atoms with Crippen LogP contribution >= 0.6 is 0 Å². The molecule has 0 atom stereocenters. The first-order chi connectivity index (χ1) is 10.7. The van der Waals surface area contributed by atoms with Gasteiger partial charge in [0, 0.05) is 12.7 Å². The van der Waals surface area contributed by atoms with Gasteiger partial charge in [0.1, 0.15) is 5.60 Å². The van der Waals surface area contributed by atoms with Crippen LogP contribution in [0.5, 0.6) is 0 Å². The van der Waals surface area contributed by atoms with Crippen molar-refractivity contribution < 1.29 is 23.5 Å². The van der Waals surface area contributed by atoms with Gasteiger partial charge in [0.25, 0.3) is 5.91 Å². The van der Waals surface area contributed by atoms with Crippen molar-refractivity contribution in [1.29, 1.82) is 0 Å². The van der Waals surface area contributed by atoms with E-state index in [0.717, 1.165) is 12.6 Å². The first-order valence-corrected chi connectivity index (χ1v) is 7.38. The minimum Gasteiger partial charge on any atom is -0.383 e. The van der Waals surface area contributed by atoms with Crippen LogP contribution in [0.2, 0.25) is 0 Å². The van der Waals surface area contributed by atoms with Gasteiger partial charge in [0.05, 0.1) is 6.54 Å². The number of anilines is 1. The molecule has 1 aromatic carbocycles. The zero-order valence-electron chi connectivity index (χ0n) is 13.1. The molecule has 0 aliphatic heterocycles. The fraction of sp³-hybridized carbons (Fsp3) is 0.500. The van der Waals surface area contributed by atoms with Crippen LogP contribution < -0.4 is 5.32 Å². The van der Waals surface area contributed by atoms with E-state index in [2.05, 4.69) is 5.32 Å². The van der Waals surface area contributed by atoms with Gasteiger partial charge in [-0.3, -0.25) is 9.59 Å². The van der Waals surface area contributed by atoms with Gasteiger partial charge in [-0.15, -0.1) is 0 Å². The number of amides is 2. The lowest BCUT2D eigenvalue weighted by molar-refractivity contribution is -0.222. The van der Waals surface area contributed by atoms with Crippen LogP contribution in [-0.2, 0) is 9.59 Å². The van der Waals surface area contributed by atoms with Gasteiger partial charge in [-0.2, -0.15) is 8.78 Å². The number of likely N-dealkylation sites (N-methyl/N-ethyl adjacent to an activating group) is 1. The van der Waals surface area contributed by atoms with Crippen LogP contribution in [0.4, 0.5) is 14.5 Å². The Kier molecular flexibility index (Phi) is 4.70. The highest BCUT2D eigenvalue weighted by Gasteiger charge is 2.62. The predicted molar refractivity (Wildman–Crippen MR) is 81.2 cm³/mol. The summed E-state index contributed by atoms with van der Waals surface area (Å²) in [4.78, 5) is 24.4. The molecule has 1 saturated carbocycles. The number of aryl methyl sites for hydroxylation is 1. The minimum atomic E-state index is -3.88. The Bertz CT molecular complexity index is 598. The van der Waals surface area contributed by atoms with E-state index in [1.54, 1.807) is 24.3 Å². The highest BCUT2D eigenvalue weighted by Crippen LogP contribution is 2.44. The second-order valence-electron chi connectivity index (χ2n) is 6.03. The van der Waals surface area contributed by atoms with Crippen molar-refractivity contribution in [2.45, 2.75) is 37.7 Å². The SMILES string of the molecule is Cc1ccc(NC(=O)CN(C)C(=O)C(F)(F)C2(O)CCC2)cc1. The summed E-state index contributed by atoms with van der Waals surface area (Å²) in [6.07, 6.45) is 0.223. The topological polar surface area (TPSA) is 69.6 Å². The Morgan fingerprint density at radius 2 is 1.87 bits per heavy atom. The Labute approximate surface area is 133 Å². The van der Waals surface area contributed by atoms with Crippen LogP contribution in [0.25, 0.3) is 0 Å². The molecule has 1 fully saturated rings. The van der Waals surface area contributed by atoms with Crippen molar-refractivity contribution in [1.82, 2.24) is 4.90 Å². The largest absolute Gasteiger partial charge is 0.383 e. The van der Waals surface area contributed by atoms with Crippen LogP contribution in [0.1, 0.15) is 24.8 Å². The quantitative estimate of drug-likeness (QED) is 0.869. The van der Waals surface area contributed by atoms with E-state index in [1.165, 1.54) is 0 Å². The van der Waals surface area contributed by atoms with Crippen LogP contribution in [0.15, 0.2) is 24.3 Å². The summed E-state index contributed by atoms with van der Waals surface area (Å²) in [5, 5.41) is 12.3. The smallest absolute Gasteiger partial charge is 0.352 e. The Morgan fingerprint density at radius 1 is 1.30 bits per heavy atom. The average molecular weight is 326 g/mol. The van der Waals surface area contributed by atoms with Crippen molar-refractivity contribution in [3.05, 3.63) is 29.8 Å². The van der Waals surface area contributed by atoms with E-state index in [0.29, 0.717) is 17.0 Å². The molecule has 2 rings (SSSR count). The monoisotopic (exact) mass is 326 g/mol. The molecule has 0 saturated heterocycles. The van der Waals surface area contributed by atoms with Crippen LogP contribution in [0.3, 0.4) is 0 Å². The van der Waals surface area contributed by atoms with Gasteiger partial charge in [-0.05, 0) is 38.3 Å². The fourth-order valence-electron chi connectivity index (χ4n) is 2.39. The molecule has 23 heavy (non-hydrogen) atoms. The summed E-state index contributed by atoms with van der Waals surface area (Å²) in [5.41, 5.74) is -0.749. The van der Waals surface area contributed by atoms with E-state index in [9.17, 15) is 23.5 Å². The highest BCUT2D eigenvalue weighted by molar-refractivity contribution is 5.95. The highest BCUT2D eigenvalue weighted by atomic mass is 19.3. The van der Waals surface area contributed by atoms with Crippen LogP contribution in [0, 0.1) is 6.92 Å². The molecule has 126 valence electrons. The summed E-state index contributed by atoms with van der Waals surface area (Å²) >= 11 is 0. The molecule has 0 bridgehead atoms. The summed E-state index contributed by atoms with van der Waals surface area (Å²) in [6, 6.07) is 6.96. The van der Waals surface area contributed by atoms with Crippen molar-refractivity contribution in [2.24, 2.45) is 0 Å². The van der Waals surface area contributed by atoms with E-state index < -0.39 is 29.9 Å². The molecule has 1 aliphatic rings. The predicted octanol–water partition coefficient (Wildman–Crippen LogP) is 1.94. The molecule has 0 spiro atoms. The summed E-state index contributed by atoms with van der Waals surface area (Å²) in [5.74, 6) is -6.01. The molecule has 0 unspecified atom stereocenters. The van der Waals surface area contributed by atoms with Gasteiger partial charge in [-0.25, -0.2) is 0 Å². The minimum absolute atomic E-state index is 0.116. The number of nitrogens with zero attached hydrogens (tertiary/aromatic N) is 1. The summed E-state index contributed by atoms with van der Waals surface area (Å²) < 4.78 is 28.1. The van der Waals surface area contributed by atoms with Crippen molar-refractivity contribution in [3.8, 4) is 0 Å². The molecule has 7 heteroatoms. The third kappa shape index (κ3) is 3.50. The molecular formula is C16H20F2N2O3. The number of hydrogen-bond donors (Lipinski definition) is 2. The molecule has 0 aromatic heterocycles. The molecule has 0 heterocycles. The third-order valence-corrected chi connectivity index (χ3v) is 4.10. The average Bonchev–Trinajstić information content (AvgIpc) is 2.45. The van der Waals surface area contributed by atoms with Crippen molar-refractivity contribution in [3.63, 3.8) is 0 Å². The van der Waals surface area contributed by atoms with E-state index in [1.807, 2.05) is 6.92 Å². The number of nitrogens with one attached hydrogen (secondary N) is 1. The second-order valence-corrected chi connectivity index (χ2v) is 6.03. The first-order valence-electron chi connectivity index (χ1n) is 7.38. The maximum atomic E-state index is 14.0. The van der Waals surface area contributed by atoms with Gasteiger partial charge in [-0.1, -0.05) is 17.7 Å². The number of carbonyl (C=O) groups excluding carboxylic acids is 2. The maximum Gasteiger partial charge on any atom is 0.352 e. The third-order valence-electron chi connectivity index (χ3n) is 4.10. The molecular weight excluding hydrogens is 306 g/mol. The van der Waals surface area contributed by atoms with Gasteiger partial charge < -0.3 is 15.3 Å². The standard InChI is InChI=1S/C16H20F2N2O3/c1-11-4-6-12(7-5-11)19-13(21)10-20(2)14(22)16(17,18)15(23)8-3-9-15/h4-7,23H,3,8-10H2,1-2H3,(H,19,21). The Morgan fingerprint density at radius 3 is 2.35 bits per heavy atom. The number of aliphatic hydroxyl groups is 1. The van der Waals surface area contributed by atoms with E-state index >= 15 is 0 Å². The van der Waals surface area contributed by atoms with Gasteiger partial charge in [0.15, 0.2) is 0 Å². The molecule has 2 amide bonds. The first kappa shape index (κ1) is 17.3. The Balaban J connectivity index is 1.95. The number of alkyl halides is 2. The number of benzene rings is 1. The zero-order chi connectivity index (χ0) is 17.3. The molecule has 1 aromatic rings. The fourth-order valence-corrected chi connectivity index (χ4v) is 2.39. The van der Waals surface area contributed by atoms with E-state index in [-0.39, 0.29) is 12.8 Å². The molecule has 0 radical (unpaired) electrons. The zero-order valence-corrected chi connectivity index (χ0v) is 13.1. The lowest BCUT2D eigenvalue weighted by Crippen LogP contribution is -2.61. The number of rotatable bonds is 5. The lowest BCUT2D eigenvalue weighted by atomic mass is 9.75. The molecule has 5 nitrogen and oxygen atoms in total. The van der Waals surface area contributed by atoms with Crippen molar-refractivity contribution >= 4 is 17.5 Å². The normalized spacial score (nSPS) is 16.4.